The van der Waals surface area contributed by atoms with E-state index < -0.39 is 10.0 Å². The molecule has 0 bridgehead atoms. The quantitative estimate of drug-likeness (QED) is 0.250. The van der Waals surface area contributed by atoms with E-state index in [2.05, 4.69) is 27.3 Å². The maximum absolute atomic E-state index is 11.2. The molecule has 0 amide bonds. The van der Waals surface area contributed by atoms with Crippen molar-refractivity contribution in [1.82, 2.24) is 15.4 Å². The molecule has 0 saturated heterocycles. The van der Waals surface area contributed by atoms with Gasteiger partial charge in [-0.3, -0.25) is 4.99 Å². The summed E-state index contributed by atoms with van der Waals surface area (Å²) in [7, 11) is -1.33. The van der Waals surface area contributed by atoms with Crippen LogP contribution in [0.15, 0.2) is 4.99 Å². The monoisotopic (exact) mass is 404 g/mol. The van der Waals surface area contributed by atoms with Crippen molar-refractivity contribution >= 4 is 40.0 Å². The molecule has 2 atom stereocenters. The van der Waals surface area contributed by atoms with Gasteiger partial charge in [-0.25, -0.2) is 13.1 Å². The third-order valence-corrected chi connectivity index (χ3v) is 4.41. The van der Waals surface area contributed by atoms with E-state index in [0.717, 1.165) is 18.3 Å². The Hall–Kier alpha value is -0.0900. The van der Waals surface area contributed by atoms with Gasteiger partial charge in [0.2, 0.25) is 10.0 Å². The standard InChI is InChI=1S/C11H24N4O2S.HI/c1-4-18(16,17)14-7-5-6-13-11(12-3)15-10-8-9(10)2;/h9-10,14H,4-8H2,1-3H3,(H2,12,13,15);1H. The number of rotatable bonds is 7. The highest BCUT2D eigenvalue weighted by atomic mass is 127. The Labute approximate surface area is 133 Å². The molecule has 0 spiro atoms. The molecule has 0 aromatic heterocycles. The van der Waals surface area contributed by atoms with E-state index in [4.69, 9.17) is 0 Å². The van der Waals surface area contributed by atoms with Gasteiger partial charge in [0.05, 0.1) is 5.75 Å². The fourth-order valence-electron chi connectivity index (χ4n) is 1.52. The Kier molecular flexibility index (Phi) is 8.92. The van der Waals surface area contributed by atoms with Crippen molar-refractivity contribution < 1.29 is 8.42 Å². The molecular formula is C11H25IN4O2S. The van der Waals surface area contributed by atoms with Crippen LogP contribution in [-0.4, -0.2) is 46.3 Å². The van der Waals surface area contributed by atoms with Gasteiger partial charge < -0.3 is 10.6 Å². The minimum Gasteiger partial charge on any atom is -0.356 e. The second kappa shape index (κ2) is 8.96. The zero-order valence-corrected chi connectivity index (χ0v) is 14.9. The Morgan fingerprint density at radius 3 is 2.47 bits per heavy atom. The molecule has 1 rings (SSSR count). The zero-order valence-electron chi connectivity index (χ0n) is 11.8. The lowest BCUT2D eigenvalue weighted by Gasteiger charge is -2.11. The molecule has 1 saturated carbocycles. The fourth-order valence-corrected chi connectivity index (χ4v) is 2.18. The van der Waals surface area contributed by atoms with Crippen molar-refractivity contribution in [3.63, 3.8) is 0 Å². The average molecular weight is 404 g/mol. The van der Waals surface area contributed by atoms with Crippen LogP contribution in [-0.2, 0) is 10.0 Å². The lowest BCUT2D eigenvalue weighted by Crippen LogP contribution is -2.40. The summed E-state index contributed by atoms with van der Waals surface area (Å²) in [4.78, 5) is 4.12. The van der Waals surface area contributed by atoms with E-state index in [1.807, 2.05) is 0 Å². The summed E-state index contributed by atoms with van der Waals surface area (Å²) in [5.74, 6) is 1.64. The van der Waals surface area contributed by atoms with Crippen LogP contribution in [0.3, 0.4) is 0 Å². The summed E-state index contributed by atoms with van der Waals surface area (Å²) in [5.41, 5.74) is 0. The number of sulfonamides is 1. The molecule has 1 aliphatic carbocycles. The van der Waals surface area contributed by atoms with Gasteiger partial charge in [-0.05, 0) is 25.7 Å². The molecule has 3 N–H and O–H groups in total. The highest BCUT2D eigenvalue weighted by molar-refractivity contribution is 14.0. The summed E-state index contributed by atoms with van der Waals surface area (Å²) >= 11 is 0. The summed E-state index contributed by atoms with van der Waals surface area (Å²) in [5, 5.41) is 6.48. The Balaban J connectivity index is 0.00000324. The number of halogens is 1. The van der Waals surface area contributed by atoms with Gasteiger partial charge in [-0.15, -0.1) is 24.0 Å². The molecule has 114 valence electrons. The van der Waals surface area contributed by atoms with Crippen molar-refractivity contribution in [2.24, 2.45) is 10.9 Å². The summed E-state index contributed by atoms with van der Waals surface area (Å²) in [6.07, 6.45) is 1.93. The Morgan fingerprint density at radius 2 is 2.00 bits per heavy atom. The molecule has 1 aliphatic rings. The molecule has 0 heterocycles. The summed E-state index contributed by atoms with van der Waals surface area (Å²) < 4.78 is 24.9. The molecule has 2 unspecified atom stereocenters. The van der Waals surface area contributed by atoms with Crippen LogP contribution in [0.1, 0.15) is 26.7 Å². The molecule has 19 heavy (non-hydrogen) atoms. The van der Waals surface area contributed by atoms with Gasteiger partial charge in [0.15, 0.2) is 5.96 Å². The maximum Gasteiger partial charge on any atom is 0.211 e. The van der Waals surface area contributed by atoms with Crippen molar-refractivity contribution in [2.45, 2.75) is 32.7 Å². The van der Waals surface area contributed by atoms with Gasteiger partial charge in [0.25, 0.3) is 0 Å². The highest BCUT2D eigenvalue weighted by Gasteiger charge is 2.33. The second-order valence-electron chi connectivity index (χ2n) is 4.61. The number of nitrogens with zero attached hydrogens (tertiary/aromatic N) is 1. The maximum atomic E-state index is 11.2. The number of guanidine groups is 1. The normalized spacial score (nSPS) is 22.6. The molecule has 0 aliphatic heterocycles. The van der Waals surface area contributed by atoms with Crippen LogP contribution in [0.5, 0.6) is 0 Å². The number of hydrogen-bond acceptors (Lipinski definition) is 3. The summed E-state index contributed by atoms with van der Waals surface area (Å²) in [6, 6.07) is 0.537. The molecule has 0 aromatic carbocycles. The minimum atomic E-state index is -3.07. The van der Waals surface area contributed by atoms with Crippen LogP contribution in [0, 0.1) is 5.92 Å². The summed E-state index contributed by atoms with van der Waals surface area (Å²) in [6.45, 7) is 4.99. The second-order valence-corrected chi connectivity index (χ2v) is 6.71. The van der Waals surface area contributed by atoms with Crippen molar-refractivity contribution in [3.8, 4) is 0 Å². The molecule has 0 aromatic rings. The third-order valence-electron chi connectivity index (χ3n) is 3.00. The lowest BCUT2D eigenvalue weighted by molar-refractivity contribution is 0.579. The number of nitrogens with one attached hydrogen (secondary N) is 3. The van der Waals surface area contributed by atoms with E-state index in [0.29, 0.717) is 19.1 Å². The topological polar surface area (TPSA) is 82.6 Å². The predicted molar refractivity (Wildman–Crippen MR) is 89.6 cm³/mol. The molecule has 8 heteroatoms. The third kappa shape index (κ3) is 7.93. The van der Waals surface area contributed by atoms with E-state index in [9.17, 15) is 8.42 Å². The van der Waals surface area contributed by atoms with Gasteiger partial charge in [0, 0.05) is 26.2 Å². The molecule has 6 nitrogen and oxygen atoms in total. The molecule has 1 fully saturated rings. The smallest absolute Gasteiger partial charge is 0.211 e. The minimum absolute atomic E-state index is 0. The first kappa shape index (κ1) is 18.9. The highest BCUT2D eigenvalue weighted by Crippen LogP contribution is 2.28. The van der Waals surface area contributed by atoms with Crippen LogP contribution in [0.25, 0.3) is 0 Å². The zero-order chi connectivity index (χ0) is 13.6. The Morgan fingerprint density at radius 1 is 1.37 bits per heavy atom. The van der Waals surface area contributed by atoms with Gasteiger partial charge in [-0.2, -0.15) is 0 Å². The number of aliphatic imine (C=N–C) groups is 1. The van der Waals surface area contributed by atoms with Crippen LogP contribution < -0.4 is 15.4 Å². The predicted octanol–water partition coefficient (Wildman–Crippen LogP) is 0.507. The number of hydrogen-bond donors (Lipinski definition) is 3. The average Bonchev–Trinajstić information content (AvgIpc) is 3.03. The SMILES string of the molecule is CCS(=O)(=O)NCCCNC(=NC)NC1CC1C.I. The van der Waals surface area contributed by atoms with Crippen molar-refractivity contribution in [2.75, 3.05) is 25.9 Å². The Bertz CT molecular complexity index is 386. The van der Waals surface area contributed by atoms with Crippen LogP contribution in [0.4, 0.5) is 0 Å². The molecular weight excluding hydrogens is 379 g/mol. The van der Waals surface area contributed by atoms with Crippen molar-refractivity contribution in [1.29, 1.82) is 0 Å². The fraction of sp³-hybridized carbons (Fsp3) is 0.909. The molecule has 0 radical (unpaired) electrons. The van der Waals surface area contributed by atoms with Crippen LogP contribution >= 0.6 is 24.0 Å². The first-order valence-electron chi connectivity index (χ1n) is 6.43. The van der Waals surface area contributed by atoms with E-state index >= 15 is 0 Å². The van der Waals surface area contributed by atoms with Gasteiger partial charge in [0.1, 0.15) is 0 Å². The largest absolute Gasteiger partial charge is 0.356 e. The first-order valence-corrected chi connectivity index (χ1v) is 8.08. The van der Waals surface area contributed by atoms with E-state index in [1.165, 1.54) is 6.42 Å². The van der Waals surface area contributed by atoms with Gasteiger partial charge in [-0.1, -0.05) is 6.92 Å². The van der Waals surface area contributed by atoms with Gasteiger partial charge >= 0.3 is 0 Å². The van der Waals surface area contributed by atoms with E-state index in [-0.39, 0.29) is 29.7 Å². The van der Waals surface area contributed by atoms with Crippen LogP contribution in [0.2, 0.25) is 0 Å². The lowest BCUT2D eigenvalue weighted by atomic mass is 10.4. The first-order chi connectivity index (χ1) is 8.48. The van der Waals surface area contributed by atoms with Crippen molar-refractivity contribution in [3.05, 3.63) is 0 Å². The van der Waals surface area contributed by atoms with E-state index in [1.54, 1.807) is 14.0 Å².